The number of nitrogens with one attached hydrogen (secondary N) is 1. The third-order valence-corrected chi connectivity index (χ3v) is 2.66. The molecule has 0 heterocycles. The molecule has 0 radical (unpaired) electrons. The third kappa shape index (κ3) is 6.24. The van der Waals surface area contributed by atoms with Gasteiger partial charge in [0.2, 0.25) is 0 Å². The number of benzene rings is 1. The zero-order chi connectivity index (χ0) is 12.5. The van der Waals surface area contributed by atoms with Crippen molar-refractivity contribution in [3.05, 3.63) is 29.8 Å². The quantitative estimate of drug-likeness (QED) is 0.716. The predicted octanol–water partition coefficient (Wildman–Crippen LogP) is 2.93. The van der Waals surface area contributed by atoms with Gasteiger partial charge in [-0.05, 0) is 31.2 Å². The lowest BCUT2D eigenvalue weighted by Crippen LogP contribution is -2.16. The Labute approximate surface area is 116 Å². The van der Waals surface area contributed by atoms with Gasteiger partial charge in [-0.15, -0.1) is 12.4 Å². The van der Waals surface area contributed by atoms with Crippen LogP contribution in [0.3, 0.4) is 0 Å². The monoisotopic (exact) mass is 273 g/mol. The van der Waals surface area contributed by atoms with Gasteiger partial charge in [0, 0.05) is 6.54 Å². The van der Waals surface area contributed by atoms with Crippen molar-refractivity contribution in [1.29, 1.82) is 0 Å². The number of aliphatic hydroxyl groups is 1. The van der Waals surface area contributed by atoms with E-state index in [4.69, 9.17) is 4.74 Å². The van der Waals surface area contributed by atoms with Crippen LogP contribution in [0.1, 0.15) is 37.9 Å². The first-order valence-corrected chi connectivity index (χ1v) is 6.33. The molecule has 2 N–H and O–H groups in total. The van der Waals surface area contributed by atoms with E-state index in [0.717, 1.165) is 24.3 Å². The molecule has 1 aromatic rings. The van der Waals surface area contributed by atoms with Crippen molar-refractivity contribution in [1.82, 2.24) is 5.32 Å². The summed E-state index contributed by atoms with van der Waals surface area (Å²) >= 11 is 0. The standard InChI is InChI=1S/C14H23NO2.ClH/c1-3-4-5-9-17-13-8-6-7-12(10-13)14(16)11-15-2;/h6-8,10,14-16H,3-5,9,11H2,1-2H3;1H. The van der Waals surface area contributed by atoms with E-state index in [1.165, 1.54) is 12.8 Å². The Morgan fingerprint density at radius 3 is 2.78 bits per heavy atom. The number of aliphatic hydroxyl groups excluding tert-OH is 1. The van der Waals surface area contributed by atoms with E-state index in [1.807, 2.05) is 31.3 Å². The Bertz CT molecular complexity index is 320. The molecule has 104 valence electrons. The maximum Gasteiger partial charge on any atom is 0.119 e. The largest absolute Gasteiger partial charge is 0.494 e. The summed E-state index contributed by atoms with van der Waals surface area (Å²) in [6.45, 7) is 3.48. The minimum absolute atomic E-state index is 0. The minimum atomic E-state index is -0.473. The first-order chi connectivity index (χ1) is 8.27. The summed E-state index contributed by atoms with van der Waals surface area (Å²) in [5.74, 6) is 0.841. The summed E-state index contributed by atoms with van der Waals surface area (Å²) in [4.78, 5) is 0. The number of hydrogen-bond donors (Lipinski definition) is 2. The van der Waals surface area contributed by atoms with Crippen LogP contribution in [0.5, 0.6) is 5.75 Å². The molecule has 0 aliphatic carbocycles. The van der Waals surface area contributed by atoms with Crippen molar-refractivity contribution in [2.75, 3.05) is 20.2 Å². The summed E-state index contributed by atoms with van der Waals surface area (Å²) < 4.78 is 5.65. The molecule has 1 atom stereocenters. The Morgan fingerprint density at radius 2 is 2.11 bits per heavy atom. The van der Waals surface area contributed by atoms with E-state index in [1.54, 1.807) is 0 Å². The first kappa shape index (κ1) is 17.2. The number of rotatable bonds is 8. The molecule has 0 aliphatic rings. The predicted molar refractivity (Wildman–Crippen MR) is 77.6 cm³/mol. The number of unbranched alkanes of at least 4 members (excludes halogenated alkanes) is 2. The van der Waals surface area contributed by atoms with Crippen LogP contribution in [0, 0.1) is 0 Å². The number of likely N-dealkylation sites (N-methyl/N-ethyl adjacent to an activating group) is 1. The number of hydrogen-bond acceptors (Lipinski definition) is 3. The second kappa shape index (κ2) is 10.2. The van der Waals surface area contributed by atoms with Crippen molar-refractivity contribution in [2.45, 2.75) is 32.3 Å². The van der Waals surface area contributed by atoms with Gasteiger partial charge in [-0.25, -0.2) is 0 Å². The molecule has 0 fully saturated rings. The lowest BCUT2D eigenvalue weighted by Gasteiger charge is -2.12. The van der Waals surface area contributed by atoms with Gasteiger partial charge >= 0.3 is 0 Å². The summed E-state index contributed by atoms with van der Waals surface area (Å²) in [5.41, 5.74) is 0.896. The molecule has 0 bridgehead atoms. The molecule has 0 saturated carbocycles. The van der Waals surface area contributed by atoms with Gasteiger partial charge in [0.05, 0.1) is 12.7 Å². The Balaban J connectivity index is 0.00000289. The fraction of sp³-hybridized carbons (Fsp3) is 0.571. The zero-order valence-corrected chi connectivity index (χ0v) is 12.0. The van der Waals surface area contributed by atoms with Crippen LogP contribution in [0.15, 0.2) is 24.3 Å². The van der Waals surface area contributed by atoms with E-state index in [2.05, 4.69) is 12.2 Å². The molecule has 4 heteroatoms. The molecule has 1 aromatic carbocycles. The fourth-order valence-electron chi connectivity index (χ4n) is 1.66. The molecule has 0 saturated heterocycles. The number of halogens is 1. The zero-order valence-electron chi connectivity index (χ0n) is 11.2. The van der Waals surface area contributed by atoms with Gasteiger partial charge in [-0.1, -0.05) is 31.9 Å². The highest BCUT2D eigenvalue weighted by atomic mass is 35.5. The highest BCUT2D eigenvalue weighted by Gasteiger charge is 2.06. The number of ether oxygens (including phenoxy) is 1. The van der Waals surface area contributed by atoms with E-state index < -0.39 is 6.10 Å². The molecule has 0 amide bonds. The second-order valence-corrected chi connectivity index (χ2v) is 4.20. The van der Waals surface area contributed by atoms with Gasteiger partial charge in [-0.3, -0.25) is 0 Å². The molecule has 0 aromatic heterocycles. The third-order valence-electron chi connectivity index (χ3n) is 2.66. The van der Waals surface area contributed by atoms with Crippen LogP contribution in [0.2, 0.25) is 0 Å². The van der Waals surface area contributed by atoms with Crippen LogP contribution in [-0.4, -0.2) is 25.3 Å². The first-order valence-electron chi connectivity index (χ1n) is 6.33. The van der Waals surface area contributed by atoms with Crippen molar-refractivity contribution in [2.24, 2.45) is 0 Å². The van der Waals surface area contributed by atoms with E-state index in [-0.39, 0.29) is 12.4 Å². The molecule has 1 unspecified atom stereocenters. The average molecular weight is 274 g/mol. The molecule has 0 aliphatic heterocycles. The van der Waals surface area contributed by atoms with Crippen LogP contribution >= 0.6 is 12.4 Å². The highest BCUT2D eigenvalue weighted by molar-refractivity contribution is 5.85. The Hall–Kier alpha value is -0.770. The van der Waals surface area contributed by atoms with Crippen molar-refractivity contribution < 1.29 is 9.84 Å². The lowest BCUT2D eigenvalue weighted by molar-refractivity contribution is 0.177. The fourth-order valence-corrected chi connectivity index (χ4v) is 1.66. The van der Waals surface area contributed by atoms with Crippen LogP contribution in [0.25, 0.3) is 0 Å². The van der Waals surface area contributed by atoms with Crippen molar-refractivity contribution in [3.8, 4) is 5.75 Å². The molecule has 0 spiro atoms. The SMILES string of the molecule is CCCCCOc1cccc(C(O)CNC)c1.Cl. The van der Waals surface area contributed by atoms with Crippen LogP contribution in [-0.2, 0) is 0 Å². The van der Waals surface area contributed by atoms with E-state index >= 15 is 0 Å². The van der Waals surface area contributed by atoms with Gasteiger partial charge in [0.25, 0.3) is 0 Å². The maximum absolute atomic E-state index is 9.84. The van der Waals surface area contributed by atoms with E-state index in [0.29, 0.717) is 6.54 Å². The Kier molecular flexibility index (Phi) is 9.74. The van der Waals surface area contributed by atoms with Crippen molar-refractivity contribution in [3.63, 3.8) is 0 Å². The van der Waals surface area contributed by atoms with Gasteiger partial charge in [0.1, 0.15) is 5.75 Å². The molecule has 3 nitrogen and oxygen atoms in total. The van der Waals surface area contributed by atoms with Gasteiger partial charge in [0.15, 0.2) is 0 Å². The summed E-state index contributed by atoms with van der Waals surface area (Å²) in [7, 11) is 1.83. The summed E-state index contributed by atoms with van der Waals surface area (Å²) in [6, 6.07) is 7.68. The average Bonchev–Trinajstić information content (AvgIpc) is 2.35. The second-order valence-electron chi connectivity index (χ2n) is 4.20. The highest BCUT2D eigenvalue weighted by Crippen LogP contribution is 2.19. The van der Waals surface area contributed by atoms with Gasteiger partial charge < -0.3 is 15.2 Å². The summed E-state index contributed by atoms with van der Waals surface area (Å²) in [6.07, 6.45) is 3.01. The lowest BCUT2D eigenvalue weighted by atomic mass is 10.1. The summed E-state index contributed by atoms with van der Waals surface area (Å²) in [5, 5.41) is 12.8. The normalized spacial score (nSPS) is 11.7. The molecular formula is C14H24ClNO2. The molecule has 18 heavy (non-hydrogen) atoms. The maximum atomic E-state index is 9.84. The minimum Gasteiger partial charge on any atom is -0.494 e. The van der Waals surface area contributed by atoms with Crippen LogP contribution in [0.4, 0.5) is 0 Å². The van der Waals surface area contributed by atoms with E-state index in [9.17, 15) is 5.11 Å². The molecular weight excluding hydrogens is 250 g/mol. The van der Waals surface area contributed by atoms with Crippen LogP contribution < -0.4 is 10.1 Å². The Morgan fingerprint density at radius 1 is 1.33 bits per heavy atom. The van der Waals surface area contributed by atoms with Gasteiger partial charge in [-0.2, -0.15) is 0 Å². The molecule has 1 rings (SSSR count). The topological polar surface area (TPSA) is 41.5 Å². The van der Waals surface area contributed by atoms with Crippen molar-refractivity contribution >= 4 is 12.4 Å². The smallest absolute Gasteiger partial charge is 0.119 e.